The van der Waals surface area contributed by atoms with Crippen LogP contribution in [-0.2, 0) is 22.7 Å². The lowest BCUT2D eigenvalue weighted by Gasteiger charge is -2.18. The Balaban J connectivity index is 1.75. The molecule has 150 valence electrons. The quantitative estimate of drug-likeness (QED) is 0.444. The zero-order valence-corrected chi connectivity index (χ0v) is 16.0. The topological polar surface area (TPSA) is 186 Å². The monoisotopic (exact) mass is 424 g/mol. The second kappa shape index (κ2) is 7.28. The Kier molecular flexibility index (Phi) is 5.52. The van der Waals surface area contributed by atoms with Crippen LogP contribution in [0.15, 0.2) is 12.7 Å². The molecule has 15 heteroatoms. The largest absolute Gasteiger partial charge is 0.479 e. The van der Waals surface area contributed by atoms with E-state index in [2.05, 4.69) is 23.8 Å². The molecule has 4 N–H and O–H groups in total. The summed E-state index contributed by atoms with van der Waals surface area (Å²) in [5, 5.41) is 20.4. The molecule has 1 aliphatic rings. The Morgan fingerprint density at radius 2 is 1.93 bits per heavy atom. The summed E-state index contributed by atoms with van der Waals surface area (Å²) in [5.41, 5.74) is 1.46. The van der Waals surface area contributed by atoms with Crippen LogP contribution in [0.3, 0.4) is 0 Å². The fourth-order valence-corrected chi connectivity index (χ4v) is 4.69. The molecule has 3 rings (SSSR count). The van der Waals surface area contributed by atoms with Gasteiger partial charge in [-0.1, -0.05) is 0 Å². The number of phosphoric acid groups is 1. The zero-order valence-electron chi connectivity index (χ0n) is 14.2. The van der Waals surface area contributed by atoms with Crippen LogP contribution < -0.4 is 0 Å². The first-order valence-electron chi connectivity index (χ1n) is 7.63. The number of aliphatic hydroxyl groups is 2. The van der Waals surface area contributed by atoms with Crippen molar-refractivity contribution < 1.29 is 42.7 Å². The van der Waals surface area contributed by atoms with E-state index in [9.17, 15) is 24.2 Å². The molecule has 0 saturated carbocycles. The van der Waals surface area contributed by atoms with Gasteiger partial charge in [-0.25, -0.2) is 23.8 Å². The van der Waals surface area contributed by atoms with E-state index >= 15 is 0 Å². The van der Waals surface area contributed by atoms with Crippen LogP contribution in [0.2, 0.25) is 0 Å². The molecular formula is C12H18N4O9P2. The van der Waals surface area contributed by atoms with Crippen LogP contribution in [-0.4, -0.2) is 71.1 Å². The molecule has 0 bridgehead atoms. The smallest absolute Gasteiger partial charge is 0.387 e. The van der Waals surface area contributed by atoms with Crippen LogP contribution in [0.5, 0.6) is 0 Å². The highest BCUT2D eigenvalue weighted by molar-refractivity contribution is 7.63. The number of aryl methyl sites for hydroxylation is 1. The highest BCUT2D eigenvalue weighted by atomic mass is 31.3. The summed E-state index contributed by atoms with van der Waals surface area (Å²) in [6.45, 7) is 1.77. The van der Waals surface area contributed by atoms with E-state index < -0.39 is 46.6 Å². The lowest BCUT2D eigenvalue weighted by Crippen LogP contribution is -2.33. The number of hydrogen-bond donors (Lipinski definition) is 4. The van der Waals surface area contributed by atoms with E-state index in [1.165, 1.54) is 17.2 Å². The van der Waals surface area contributed by atoms with E-state index in [1.54, 1.807) is 6.92 Å². The average molecular weight is 424 g/mol. The Morgan fingerprint density at radius 3 is 2.59 bits per heavy atom. The normalized spacial score (nSPS) is 30.3. The predicted octanol–water partition coefficient (Wildman–Crippen LogP) is -0.297. The SMILES string of the molecule is Cc1ncnc2c1ncn2[C@@H]1O[C@H](COP(=O)(O)OP(C)(=O)O)[C@@H](O)[C@H]1O. The molecule has 27 heavy (non-hydrogen) atoms. The summed E-state index contributed by atoms with van der Waals surface area (Å²) in [6.07, 6.45) is -2.54. The first-order valence-corrected chi connectivity index (χ1v) is 11.2. The molecule has 1 saturated heterocycles. The molecule has 1 aliphatic heterocycles. The van der Waals surface area contributed by atoms with E-state index in [1.807, 2.05) is 0 Å². The molecule has 13 nitrogen and oxygen atoms in total. The van der Waals surface area contributed by atoms with Crippen molar-refractivity contribution in [1.29, 1.82) is 0 Å². The van der Waals surface area contributed by atoms with Crippen LogP contribution in [0, 0.1) is 6.92 Å². The second-order valence-electron chi connectivity index (χ2n) is 5.98. The van der Waals surface area contributed by atoms with Gasteiger partial charge in [-0.3, -0.25) is 13.7 Å². The van der Waals surface area contributed by atoms with Crippen molar-refractivity contribution in [2.45, 2.75) is 31.5 Å². The van der Waals surface area contributed by atoms with E-state index in [0.29, 0.717) is 23.5 Å². The van der Waals surface area contributed by atoms with Crippen molar-refractivity contribution in [1.82, 2.24) is 19.5 Å². The summed E-state index contributed by atoms with van der Waals surface area (Å²) in [5.74, 6) is 0. The molecule has 0 aliphatic carbocycles. The molecular weight excluding hydrogens is 406 g/mol. The summed E-state index contributed by atoms with van der Waals surface area (Å²) in [4.78, 5) is 30.7. The Bertz CT molecular complexity index is 931. The maximum atomic E-state index is 11.6. The molecule has 2 unspecified atom stereocenters. The zero-order chi connectivity index (χ0) is 20.0. The molecule has 0 spiro atoms. The van der Waals surface area contributed by atoms with Crippen molar-refractivity contribution >= 4 is 26.6 Å². The Morgan fingerprint density at radius 1 is 1.22 bits per heavy atom. The predicted molar refractivity (Wildman–Crippen MR) is 88.6 cm³/mol. The molecule has 3 heterocycles. The third-order valence-corrected chi connectivity index (χ3v) is 6.32. The van der Waals surface area contributed by atoms with Gasteiger partial charge >= 0.3 is 15.4 Å². The molecule has 2 aromatic rings. The Labute approximate surface area is 152 Å². The summed E-state index contributed by atoms with van der Waals surface area (Å²) in [7, 11) is -9.14. The number of phosphoric ester groups is 1. The molecule has 0 radical (unpaired) electrons. The minimum absolute atomic E-state index is 0.365. The summed E-state index contributed by atoms with van der Waals surface area (Å²) < 4.78 is 38.3. The molecule has 0 amide bonds. The van der Waals surface area contributed by atoms with Crippen molar-refractivity contribution in [3.63, 3.8) is 0 Å². The van der Waals surface area contributed by atoms with E-state index in [-0.39, 0.29) is 0 Å². The van der Waals surface area contributed by atoms with Crippen molar-refractivity contribution in [3.8, 4) is 0 Å². The van der Waals surface area contributed by atoms with Gasteiger partial charge < -0.3 is 24.7 Å². The standard InChI is InChI=1S/C12H18N4O9P2/c1-6-8-11(14-4-13-6)16(5-15-8)12-10(18)9(17)7(24-12)3-23-27(21,22)25-26(2,19)20/h4-5,7,9-10,12,17-18H,3H2,1-2H3,(H,19,20)(H,21,22)/t7-,9-,10-,12-/m1/s1. The highest BCUT2D eigenvalue weighted by Gasteiger charge is 2.45. The van der Waals surface area contributed by atoms with Crippen molar-refractivity contribution in [2.75, 3.05) is 13.3 Å². The number of aliphatic hydroxyl groups excluding tert-OH is 2. The maximum Gasteiger partial charge on any atom is 0.479 e. The van der Waals surface area contributed by atoms with Gasteiger partial charge in [0.2, 0.25) is 0 Å². The number of aromatic nitrogens is 4. The minimum Gasteiger partial charge on any atom is -0.387 e. The fraction of sp³-hybridized carbons (Fsp3) is 0.583. The number of rotatable bonds is 6. The molecule has 0 aromatic carbocycles. The van der Waals surface area contributed by atoms with Crippen LogP contribution in [0.25, 0.3) is 11.2 Å². The number of imidazole rings is 1. The first kappa shape index (κ1) is 20.5. The van der Waals surface area contributed by atoms with Gasteiger partial charge in [-0.05, 0) is 6.92 Å². The first-order chi connectivity index (χ1) is 12.5. The van der Waals surface area contributed by atoms with Crippen LogP contribution >= 0.6 is 15.4 Å². The Hall–Kier alpha value is -1.27. The average Bonchev–Trinajstić information content (AvgIpc) is 3.07. The number of ether oxygens (including phenoxy) is 1. The molecule has 1 fully saturated rings. The van der Waals surface area contributed by atoms with Gasteiger partial charge in [-0.2, -0.15) is 0 Å². The lowest BCUT2D eigenvalue weighted by molar-refractivity contribution is -0.0501. The lowest BCUT2D eigenvalue weighted by atomic mass is 10.1. The fourth-order valence-electron chi connectivity index (χ4n) is 2.63. The molecule has 6 atom stereocenters. The summed E-state index contributed by atoms with van der Waals surface area (Å²) >= 11 is 0. The third kappa shape index (κ3) is 4.43. The third-order valence-electron chi connectivity index (χ3n) is 3.81. The van der Waals surface area contributed by atoms with Gasteiger partial charge in [0, 0.05) is 6.66 Å². The van der Waals surface area contributed by atoms with Gasteiger partial charge in [0.15, 0.2) is 11.9 Å². The van der Waals surface area contributed by atoms with E-state index in [4.69, 9.17) is 9.63 Å². The van der Waals surface area contributed by atoms with Gasteiger partial charge in [-0.15, -0.1) is 0 Å². The van der Waals surface area contributed by atoms with Gasteiger partial charge in [0.1, 0.15) is 30.2 Å². The van der Waals surface area contributed by atoms with E-state index in [0.717, 1.165) is 0 Å². The number of fused-ring (bicyclic) bond motifs is 1. The van der Waals surface area contributed by atoms with Crippen LogP contribution in [0.4, 0.5) is 0 Å². The number of nitrogens with zero attached hydrogens (tertiary/aromatic N) is 4. The van der Waals surface area contributed by atoms with Gasteiger partial charge in [0.05, 0.1) is 18.6 Å². The minimum atomic E-state index is -4.86. The molecule has 2 aromatic heterocycles. The second-order valence-corrected chi connectivity index (χ2v) is 9.43. The van der Waals surface area contributed by atoms with Crippen molar-refractivity contribution in [2.24, 2.45) is 0 Å². The van der Waals surface area contributed by atoms with Gasteiger partial charge in [0.25, 0.3) is 0 Å². The van der Waals surface area contributed by atoms with Crippen LogP contribution in [0.1, 0.15) is 11.9 Å². The van der Waals surface area contributed by atoms with Crippen molar-refractivity contribution in [3.05, 3.63) is 18.3 Å². The summed E-state index contributed by atoms with van der Waals surface area (Å²) in [6, 6.07) is 0. The highest BCUT2D eigenvalue weighted by Crippen LogP contribution is 2.58. The maximum absolute atomic E-state index is 11.6. The number of hydrogen-bond acceptors (Lipinski definition) is 10.